The number of alkyl halides is 1. The fourth-order valence-electron chi connectivity index (χ4n) is 3.42. The van der Waals surface area contributed by atoms with Crippen LogP contribution in [0, 0.1) is 0 Å². The van der Waals surface area contributed by atoms with Gasteiger partial charge in [0.2, 0.25) is 5.91 Å². The fraction of sp³-hybridized carbons (Fsp3) is 0.438. The normalized spacial score (nSPS) is 23.6. The number of benzene rings is 1. The van der Waals surface area contributed by atoms with Crippen molar-refractivity contribution in [2.75, 3.05) is 0 Å². The number of halogens is 1. The number of nitrogens with one attached hydrogen (secondary N) is 1. The Kier molecular flexibility index (Phi) is 2.29. The Hall–Kier alpha value is -1.84. The van der Waals surface area contributed by atoms with Crippen molar-refractivity contribution in [1.29, 1.82) is 0 Å². The third kappa shape index (κ3) is 1.60. The summed E-state index contributed by atoms with van der Waals surface area (Å²) in [5.74, 6) is -0.503. The number of carbonyl (C=O) groups excluding carboxylic acids is 1. The van der Waals surface area contributed by atoms with Gasteiger partial charge in [-0.3, -0.25) is 4.79 Å². The van der Waals surface area contributed by atoms with Crippen molar-refractivity contribution in [2.45, 2.75) is 43.7 Å². The molecule has 3 nitrogen and oxygen atoms in total. The van der Waals surface area contributed by atoms with Crippen LogP contribution < -0.4 is 5.73 Å². The molecule has 2 aliphatic rings. The lowest BCUT2D eigenvalue weighted by Gasteiger charge is -2.19. The quantitative estimate of drug-likeness (QED) is 0.867. The summed E-state index contributed by atoms with van der Waals surface area (Å²) >= 11 is 0. The van der Waals surface area contributed by atoms with Gasteiger partial charge in [-0.15, -0.1) is 0 Å². The highest BCUT2D eigenvalue weighted by Crippen LogP contribution is 2.50. The standard InChI is InChI=1S/C16H17FN2O/c17-16(6-7-16)9-4-5-13-12(8-9)10-2-1-3-11(15(18)20)14(10)19-13/h4-5,8,11,19H,1-3,6-7H2,(H2,18,20)/t11-/m1/s1. The summed E-state index contributed by atoms with van der Waals surface area (Å²) in [6.45, 7) is 0. The summed E-state index contributed by atoms with van der Waals surface area (Å²) in [6, 6.07) is 5.75. The van der Waals surface area contributed by atoms with Crippen molar-refractivity contribution >= 4 is 16.8 Å². The van der Waals surface area contributed by atoms with Crippen molar-refractivity contribution < 1.29 is 9.18 Å². The number of primary amides is 1. The highest BCUT2D eigenvalue weighted by Gasteiger charge is 2.45. The van der Waals surface area contributed by atoms with Crippen molar-refractivity contribution in [1.82, 2.24) is 4.98 Å². The van der Waals surface area contributed by atoms with E-state index in [1.807, 2.05) is 18.2 Å². The van der Waals surface area contributed by atoms with Gasteiger partial charge in [-0.1, -0.05) is 6.07 Å². The Morgan fingerprint density at radius 3 is 2.90 bits per heavy atom. The third-order valence-electron chi connectivity index (χ3n) is 4.76. The zero-order chi connectivity index (χ0) is 13.9. The molecule has 1 atom stereocenters. The molecule has 4 rings (SSSR count). The molecule has 1 heterocycles. The molecule has 1 aromatic carbocycles. The van der Waals surface area contributed by atoms with Crippen molar-refractivity contribution in [3.05, 3.63) is 35.0 Å². The van der Waals surface area contributed by atoms with Crippen LogP contribution in [0.2, 0.25) is 0 Å². The maximum atomic E-state index is 14.2. The van der Waals surface area contributed by atoms with Crippen LogP contribution in [-0.4, -0.2) is 10.9 Å². The zero-order valence-corrected chi connectivity index (χ0v) is 11.2. The average molecular weight is 272 g/mol. The smallest absolute Gasteiger partial charge is 0.226 e. The molecular formula is C16H17FN2O. The number of nitrogens with two attached hydrogens (primary N) is 1. The largest absolute Gasteiger partial charge is 0.369 e. The molecule has 1 aromatic heterocycles. The summed E-state index contributed by atoms with van der Waals surface area (Å²) in [5, 5.41) is 1.06. The molecule has 0 aliphatic heterocycles. The van der Waals surface area contributed by atoms with E-state index in [-0.39, 0.29) is 11.8 Å². The predicted molar refractivity (Wildman–Crippen MR) is 75.2 cm³/mol. The van der Waals surface area contributed by atoms with Crippen LogP contribution in [0.15, 0.2) is 18.2 Å². The molecule has 1 fully saturated rings. The lowest BCUT2D eigenvalue weighted by molar-refractivity contribution is -0.119. The van der Waals surface area contributed by atoms with E-state index in [0.29, 0.717) is 12.8 Å². The maximum absolute atomic E-state index is 14.2. The monoisotopic (exact) mass is 272 g/mol. The molecule has 4 heteroatoms. The SMILES string of the molecule is NC(=O)[C@@H]1CCCc2c1[nH]c1ccc(C3(F)CC3)cc21. The molecular weight excluding hydrogens is 255 g/mol. The first-order chi connectivity index (χ1) is 9.58. The number of fused-ring (bicyclic) bond motifs is 3. The maximum Gasteiger partial charge on any atom is 0.226 e. The van der Waals surface area contributed by atoms with Crippen molar-refractivity contribution in [3.63, 3.8) is 0 Å². The van der Waals surface area contributed by atoms with Crippen molar-refractivity contribution in [3.8, 4) is 0 Å². The van der Waals surface area contributed by atoms with Crippen LogP contribution >= 0.6 is 0 Å². The van der Waals surface area contributed by atoms with E-state index < -0.39 is 5.67 Å². The highest BCUT2D eigenvalue weighted by atomic mass is 19.1. The number of rotatable bonds is 2. The Bertz CT molecular complexity index is 715. The first kappa shape index (κ1) is 11.9. The molecule has 104 valence electrons. The van der Waals surface area contributed by atoms with Gasteiger partial charge in [-0.25, -0.2) is 4.39 Å². The van der Waals surface area contributed by atoms with Gasteiger partial charge >= 0.3 is 0 Å². The Balaban J connectivity index is 1.90. The van der Waals surface area contributed by atoms with Crippen LogP contribution in [0.4, 0.5) is 4.39 Å². The van der Waals surface area contributed by atoms with Crippen LogP contribution in [0.1, 0.15) is 48.4 Å². The van der Waals surface area contributed by atoms with Gasteiger partial charge in [0, 0.05) is 16.6 Å². The average Bonchev–Trinajstić information content (AvgIpc) is 3.08. The summed E-state index contributed by atoms with van der Waals surface area (Å²) in [6.07, 6.45) is 3.93. The fourth-order valence-corrected chi connectivity index (χ4v) is 3.42. The summed E-state index contributed by atoms with van der Waals surface area (Å²) < 4.78 is 14.2. The third-order valence-corrected chi connectivity index (χ3v) is 4.76. The molecule has 2 aromatic rings. The van der Waals surface area contributed by atoms with Crippen LogP contribution in [0.25, 0.3) is 10.9 Å². The van der Waals surface area contributed by atoms with Gasteiger partial charge in [-0.05, 0) is 55.4 Å². The number of carbonyl (C=O) groups is 1. The van der Waals surface area contributed by atoms with Gasteiger partial charge < -0.3 is 10.7 Å². The first-order valence-corrected chi connectivity index (χ1v) is 7.22. The van der Waals surface area contributed by atoms with Gasteiger partial charge in [0.05, 0.1) is 5.92 Å². The summed E-state index contributed by atoms with van der Waals surface area (Å²) in [7, 11) is 0. The number of aromatic nitrogens is 1. The summed E-state index contributed by atoms with van der Waals surface area (Å²) in [5.41, 5.74) is 8.23. The number of amides is 1. The van der Waals surface area contributed by atoms with Gasteiger partial charge in [-0.2, -0.15) is 0 Å². The lowest BCUT2D eigenvalue weighted by Crippen LogP contribution is -2.24. The van der Waals surface area contributed by atoms with Crippen LogP contribution in [0.3, 0.4) is 0 Å². The van der Waals surface area contributed by atoms with Crippen molar-refractivity contribution in [2.24, 2.45) is 5.73 Å². The van der Waals surface area contributed by atoms with E-state index in [1.165, 1.54) is 0 Å². The van der Waals surface area contributed by atoms with Crippen LogP contribution in [-0.2, 0) is 16.9 Å². The minimum Gasteiger partial charge on any atom is -0.369 e. The molecule has 0 radical (unpaired) electrons. The van der Waals surface area contributed by atoms with E-state index in [2.05, 4.69) is 4.98 Å². The summed E-state index contributed by atoms with van der Waals surface area (Å²) in [4.78, 5) is 14.9. The minimum atomic E-state index is -1.11. The van der Waals surface area contributed by atoms with E-state index in [0.717, 1.165) is 47.0 Å². The molecule has 1 saturated carbocycles. The number of aryl methyl sites for hydroxylation is 1. The zero-order valence-electron chi connectivity index (χ0n) is 11.2. The van der Waals surface area contributed by atoms with Gasteiger partial charge in [0.15, 0.2) is 0 Å². The predicted octanol–water partition coefficient (Wildman–Crippen LogP) is 3.03. The number of hydrogen-bond acceptors (Lipinski definition) is 1. The van der Waals surface area contributed by atoms with Gasteiger partial charge in [0.1, 0.15) is 5.67 Å². The number of aromatic amines is 1. The molecule has 1 amide bonds. The van der Waals surface area contributed by atoms with E-state index in [1.54, 1.807) is 0 Å². The Morgan fingerprint density at radius 2 is 2.20 bits per heavy atom. The lowest BCUT2D eigenvalue weighted by atomic mass is 9.86. The Labute approximate surface area is 116 Å². The Morgan fingerprint density at radius 1 is 1.40 bits per heavy atom. The second-order valence-electron chi connectivity index (χ2n) is 6.09. The van der Waals surface area contributed by atoms with Gasteiger partial charge in [0.25, 0.3) is 0 Å². The van der Waals surface area contributed by atoms with E-state index >= 15 is 0 Å². The first-order valence-electron chi connectivity index (χ1n) is 7.22. The number of H-pyrrole nitrogens is 1. The van der Waals surface area contributed by atoms with E-state index in [4.69, 9.17) is 5.73 Å². The van der Waals surface area contributed by atoms with E-state index in [9.17, 15) is 9.18 Å². The molecule has 20 heavy (non-hydrogen) atoms. The molecule has 0 spiro atoms. The highest BCUT2D eigenvalue weighted by molar-refractivity contribution is 5.90. The molecule has 0 saturated heterocycles. The van der Waals surface area contributed by atoms with Crippen LogP contribution in [0.5, 0.6) is 0 Å². The topological polar surface area (TPSA) is 58.9 Å². The second kappa shape index (κ2) is 3.84. The molecule has 0 bridgehead atoms. The minimum absolute atomic E-state index is 0.227. The molecule has 2 aliphatic carbocycles. The molecule has 3 N–H and O–H groups in total. The number of hydrogen-bond donors (Lipinski definition) is 2. The molecule has 0 unspecified atom stereocenters. The second-order valence-corrected chi connectivity index (χ2v) is 6.09.